The Bertz CT molecular complexity index is 698. The fourth-order valence-electron chi connectivity index (χ4n) is 2.44. The minimum absolute atomic E-state index is 0.0521. The lowest BCUT2D eigenvalue weighted by Gasteiger charge is -2.21. The van der Waals surface area contributed by atoms with Gasteiger partial charge in [0.25, 0.3) is 0 Å². The molecule has 1 amide bonds. The van der Waals surface area contributed by atoms with E-state index in [-0.39, 0.29) is 11.9 Å². The molecule has 0 aliphatic carbocycles. The van der Waals surface area contributed by atoms with Gasteiger partial charge in [-0.05, 0) is 43.2 Å². The number of benzene rings is 1. The molecule has 1 aliphatic rings. The third kappa shape index (κ3) is 2.99. The zero-order valence-electron chi connectivity index (χ0n) is 11.6. The molecule has 2 heterocycles. The molecule has 1 aromatic carbocycles. The van der Waals surface area contributed by atoms with Crippen LogP contribution in [0.5, 0.6) is 0 Å². The van der Waals surface area contributed by atoms with Gasteiger partial charge in [-0.1, -0.05) is 11.6 Å². The summed E-state index contributed by atoms with van der Waals surface area (Å²) < 4.78 is 0.768. The smallest absolute Gasteiger partial charge is 0.224 e. The first-order valence-electron chi connectivity index (χ1n) is 6.77. The Labute approximate surface area is 132 Å². The molecule has 0 spiro atoms. The van der Waals surface area contributed by atoms with Gasteiger partial charge < -0.3 is 16.4 Å². The van der Waals surface area contributed by atoms with Crippen LogP contribution in [0.1, 0.15) is 29.8 Å². The molecule has 1 aromatic heterocycles. The van der Waals surface area contributed by atoms with Gasteiger partial charge in [-0.25, -0.2) is 0 Å². The molecule has 1 atom stereocenters. The second kappa shape index (κ2) is 5.58. The number of hydrogen-bond acceptors (Lipinski definition) is 4. The number of nitrogen functional groups attached to an aromatic ring is 1. The summed E-state index contributed by atoms with van der Waals surface area (Å²) in [6.45, 7) is 2.06. The van der Waals surface area contributed by atoms with Gasteiger partial charge in [0, 0.05) is 17.0 Å². The number of carbonyl (C=O) groups is 1. The van der Waals surface area contributed by atoms with E-state index < -0.39 is 0 Å². The third-order valence-electron chi connectivity index (χ3n) is 3.56. The fraction of sp³-hybridized carbons (Fsp3) is 0.267. The van der Waals surface area contributed by atoms with Gasteiger partial charge in [0.05, 0.1) is 21.8 Å². The molecule has 0 saturated heterocycles. The van der Waals surface area contributed by atoms with Crippen molar-refractivity contribution >= 4 is 45.9 Å². The zero-order chi connectivity index (χ0) is 15.0. The Balaban J connectivity index is 1.85. The van der Waals surface area contributed by atoms with E-state index in [1.165, 1.54) is 0 Å². The topological polar surface area (TPSA) is 67.1 Å². The molecule has 0 radical (unpaired) electrons. The average Bonchev–Trinajstić information content (AvgIpc) is 2.87. The number of amides is 1. The maximum Gasteiger partial charge on any atom is 0.224 e. The van der Waals surface area contributed by atoms with Crippen LogP contribution in [-0.2, 0) is 11.2 Å². The number of nitrogens with two attached hydrogens (primary N) is 1. The van der Waals surface area contributed by atoms with Crippen molar-refractivity contribution in [1.29, 1.82) is 0 Å². The standard InChI is InChI=1S/C15H16ClN3OS/c1-8(13-3-4-14(16)21-13)18-12-7-11-9(6-10(12)17)2-5-15(20)19-11/h3-4,6-8,18H,2,5,17H2,1H3,(H,19,20). The number of nitrogens with one attached hydrogen (secondary N) is 2. The molecule has 1 unspecified atom stereocenters. The lowest BCUT2D eigenvalue weighted by molar-refractivity contribution is -0.116. The predicted octanol–water partition coefficient (Wildman–Crippen LogP) is 4.04. The average molecular weight is 322 g/mol. The van der Waals surface area contributed by atoms with Crippen molar-refractivity contribution in [2.75, 3.05) is 16.4 Å². The lowest BCUT2D eigenvalue weighted by Crippen LogP contribution is -2.19. The van der Waals surface area contributed by atoms with E-state index in [0.717, 1.165) is 32.6 Å². The Morgan fingerprint density at radius 1 is 1.38 bits per heavy atom. The second-order valence-electron chi connectivity index (χ2n) is 5.15. The van der Waals surface area contributed by atoms with E-state index in [0.29, 0.717) is 12.1 Å². The quantitative estimate of drug-likeness (QED) is 0.747. The molecule has 0 saturated carbocycles. The molecular weight excluding hydrogens is 306 g/mol. The van der Waals surface area contributed by atoms with Crippen molar-refractivity contribution in [3.8, 4) is 0 Å². The minimum Gasteiger partial charge on any atom is -0.397 e. The maximum absolute atomic E-state index is 11.5. The monoisotopic (exact) mass is 321 g/mol. The first-order valence-corrected chi connectivity index (χ1v) is 7.96. The van der Waals surface area contributed by atoms with Crippen LogP contribution >= 0.6 is 22.9 Å². The number of halogens is 1. The lowest BCUT2D eigenvalue weighted by atomic mass is 10.0. The minimum atomic E-state index is 0.0521. The summed E-state index contributed by atoms with van der Waals surface area (Å²) in [5.74, 6) is 0.0521. The van der Waals surface area contributed by atoms with E-state index in [2.05, 4.69) is 17.6 Å². The number of hydrogen-bond donors (Lipinski definition) is 3. The van der Waals surface area contributed by atoms with E-state index in [1.54, 1.807) is 11.3 Å². The van der Waals surface area contributed by atoms with Crippen molar-refractivity contribution in [3.05, 3.63) is 39.0 Å². The van der Waals surface area contributed by atoms with E-state index in [9.17, 15) is 4.79 Å². The SMILES string of the molecule is CC(Nc1cc2c(cc1N)CCC(=O)N2)c1ccc(Cl)s1. The van der Waals surface area contributed by atoms with Gasteiger partial charge >= 0.3 is 0 Å². The summed E-state index contributed by atoms with van der Waals surface area (Å²) in [7, 11) is 0. The number of thiophene rings is 1. The predicted molar refractivity (Wildman–Crippen MR) is 89.2 cm³/mol. The number of carbonyl (C=O) groups excluding carboxylic acids is 1. The molecule has 21 heavy (non-hydrogen) atoms. The van der Waals surface area contributed by atoms with Gasteiger partial charge in [-0.15, -0.1) is 11.3 Å². The zero-order valence-corrected chi connectivity index (χ0v) is 13.1. The molecule has 2 aromatic rings. The van der Waals surface area contributed by atoms with Crippen molar-refractivity contribution in [3.63, 3.8) is 0 Å². The van der Waals surface area contributed by atoms with E-state index in [1.807, 2.05) is 24.3 Å². The summed E-state index contributed by atoms with van der Waals surface area (Å²) in [5.41, 5.74) is 9.57. The highest BCUT2D eigenvalue weighted by Gasteiger charge is 2.18. The number of anilines is 3. The Kier molecular flexibility index (Phi) is 3.78. The van der Waals surface area contributed by atoms with Gasteiger partial charge in [-0.3, -0.25) is 4.79 Å². The Hall–Kier alpha value is -1.72. The van der Waals surface area contributed by atoms with Crippen molar-refractivity contribution in [1.82, 2.24) is 0 Å². The summed E-state index contributed by atoms with van der Waals surface area (Å²) in [5, 5.41) is 6.27. The van der Waals surface area contributed by atoms with Gasteiger partial charge in [0.2, 0.25) is 5.91 Å². The van der Waals surface area contributed by atoms with Crippen LogP contribution in [0, 0.1) is 0 Å². The van der Waals surface area contributed by atoms with Crippen LogP contribution < -0.4 is 16.4 Å². The summed E-state index contributed by atoms with van der Waals surface area (Å²) in [6, 6.07) is 7.83. The third-order valence-corrected chi connectivity index (χ3v) is 4.98. The largest absolute Gasteiger partial charge is 0.397 e. The van der Waals surface area contributed by atoms with Gasteiger partial charge in [-0.2, -0.15) is 0 Å². The fourth-order valence-corrected chi connectivity index (χ4v) is 3.50. The second-order valence-corrected chi connectivity index (χ2v) is 6.90. The van der Waals surface area contributed by atoms with Crippen LogP contribution in [0.15, 0.2) is 24.3 Å². The maximum atomic E-state index is 11.5. The highest BCUT2D eigenvalue weighted by atomic mass is 35.5. The highest BCUT2D eigenvalue weighted by molar-refractivity contribution is 7.16. The number of aryl methyl sites for hydroxylation is 1. The van der Waals surface area contributed by atoms with Gasteiger partial charge in [0.15, 0.2) is 0 Å². The first-order chi connectivity index (χ1) is 10.0. The van der Waals surface area contributed by atoms with Crippen LogP contribution in [0.25, 0.3) is 0 Å². The Morgan fingerprint density at radius 2 is 2.19 bits per heavy atom. The van der Waals surface area contributed by atoms with Crippen molar-refractivity contribution in [2.45, 2.75) is 25.8 Å². The molecule has 4 N–H and O–H groups in total. The first kappa shape index (κ1) is 14.2. The summed E-state index contributed by atoms with van der Waals surface area (Å²) in [4.78, 5) is 12.6. The number of rotatable bonds is 3. The van der Waals surface area contributed by atoms with E-state index in [4.69, 9.17) is 17.3 Å². The van der Waals surface area contributed by atoms with Crippen LogP contribution in [0.2, 0.25) is 4.34 Å². The molecule has 0 bridgehead atoms. The van der Waals surface area contributed by atoms with Crippen molar-refractivity contribution < 1.29 is 4.79 Å². The highest BCUT2D eigenvalue weighted by Crippen LogP contribution is 2.34. The molecule has 6 heteroatoms. The molecule has 0 fully saturated rings. The van der Waals surface area contributed by atoms with Crippen molar-refractivity contribution in [2.24, 2.45) is 0 Å². The summed E-state index contributed by atoms with van der Waals surface area (Å²) in [6.07, 6.45) is 1.26. The Morgan fingerprint density at radius 3 is 2.90 bits per heavy atom. The molecule has 110 valence electrons. The molecule has 1 aliphatic heterocycles. The number of fused-ring (bicyclic) bond motifs is 1. The summed E-state index contributed by atoms with van der Waals surface area (Å²) >= 11 is 7.51. The van der Waals surface area contributed by atoms with Gasteiger partial charge in [0.1, 0.15) is 0 Å². The van der Waals surface area contributed by atoms with Crippen LogP contribution in [0.3, 0.4) is 0 Å². The normalized spacial score (nSPS) is 15.2. The van der Waals surface area contributed by atoms with Crippen LogP contribution in [0.4, 0.5) is 17.1 Å². The molecule has 3 rings (SSSR count). The van der Waals surface area contributed by atoms with Crippen LogP contribution in [-0.4, -0.2) is 5.91 Å². The molecular formula is C15H16ClN3OS. The van der Waals surface area contributed by atoms with E-state index >= 15 is 0 Å². The molecule has 4 nitrogen and oxygen atoms in total.